The minimum Gasteiger partial charge on any atom is -0.357 e. The van der Waals surface area contributed by atoms with E-state index >= 15 is 0 Å². The first kappa shape index (κ1) is 18.9. The van der Waals surface area contributed by atoms with E-state index in [0.29, 0.717) is 6.54 Å². The summed E-state index contributed by atoms with van der Waals surface area (Å²) in [6.07, 6.45) is 6.70. The second-order valence-electron chi connectivity index (χ2n) is 4.25. The van der Waals surface area contributed by atoms with Gasteiger partial charge in [0.1, 0.15) is 12.2 Å². The molecule has 0 aromatic carbocycles. The van der Waals surface area contributed by atoms with Crippen molar-refractivity contribution in [1.29, 1.82) is 0 Å². The highest BCUT2D eigenvalue weighted by Gasteiger charge is 2.09. The molecule has 0 fully saturated rings. The molecular formula is C13H25IN6. The van der Waals surface area contributed by atoms with E-state index in [4.69, 9.17) is 0 Å². The molecule has 0 radical (unpaired) electrons. The highest BCUT2D eigenvalue weighted by Crippen LogP contribution is 1.98. The molecule has 0 amide bonds. The summed E-state index contributed by atoms with van der Waals surface area (Å²) < 4.78 is 1.78. The van der Waals surface area contributed by atoms with Gasteiger partial charge in [0.15, 0.2) is 5.96 Å². The normalized spacial score (nSPS) is 11.5. The van der Waals surface area contributed by atoms with Crippen LogP contribution in [0.5, 0.6) is 0 Å². The Morgan fingerprint density at radius 2 is 2.30 bits per heavy atom. The number of guanidine groups is 1. The topological polar surface area (TPSA) is 58.3 Å². The lowest BCUT2D eigenvalue weighted by Crippen LogP contribution is -2.39. The molecule has 1 aromatic heterocycles. The van der Waals surface area contributed by atoms with Crippen molar-refractivity contribution in [2.75, 3.05) is 20.1 Å². The van der Waals surface area contributed by atoms with Gasteiger partial charge in [-0.3, -0.25) is 9.67 Å². The van der Waals surface area contributed by atoms with Gasteiger partial charge >= 0.3 is 0 Å². The summed E-state index contributed by atoms with van der Waals surface area (Å²) in [6.45, 7) is 6.42. The molecule has 1 heterocycles. The van der Waals surface area contributed by atoms with Crippen LogP contribution in [0.3, 0.4) is 0 Å². The number of aliphatic imine (C=N–C) groups is 1. The average Bonchev–Trinajstić information content (AvgIpc) is 2.79. The molecule has 114 valence electrons. The van der Waals surface area contributed by atoms with Gasteiger partial charge < -0.3 is 10.2 Å². The third-order valence-electron chi connectivity index (χ3n) is 2.67. The van der Waals surface area contributed by atoms with Crippen molar-refractivity contribution < 1.29 is 0 Å². The minimum absolute atomic E-state index is 0. The van der Waals surface area contributed by atoms with E-state index in [9.17, 15) is 0 Å². The molecule has 1 rings (SSSR count). The molecule has 0 atom stereocenters. The zero-order valence-corrected chi connectivity index (χ0v) is 15.0. The van der Waals surface area contributed by atoms with Crippen molar-refractivity contribution in [1.82, 2.24) is 25.0 Å². The van der Waals surface area contributed by atoms with Gasteiger partial charge in [-0.2, -0.15) is 5.10 Å². The fourth-order valence-corrected chi connectivity index (χ4v) is 1.63. The minimum atomic E-state index is 0. The Morgan fingerprint density at radius 1 is 1.55 bits per heavy atom. The number of allylic oxidation sites excluding steroid dienone is 1. The van der Waals surface area contributed by atoms with E-state index in [0.717, 1.165) is 31.3 Å². The zero-order valence-electron chi connectivity index (χ0n) is 12.7. The summed E-state index contributed by atoms with van der Waals surface area (Å²) in [7, 11) is 3.90. The van der Waals surface area contributed by atoms with Gasteiger partial charge in [-0.15, -0.1) is 24.0 Å². The maximum absolute atomic E-state index is 4.58. The number of hydrogen-bond acceptors (Lipinski definition) is 3. The lowest BCUT2D eigenvalue weighted by atomic mass is 10.4. The third-order valence-corrected chi connectivity index (χ3v) is 2.67. The molecule has 0 spiro atoms. The molecule has 6 nitrogen and oxygen atoms in total. The van der Waals surface area contributed by atoms with Gasteiger partial charge in [-0.25, -0.2) is 4.98 Å². The highest BCUT2D eigenvalue weighted by molar-refractivity contribution is 14.0. The Labute approximate surface area is 138 Å². The molecule has 20 heavy (non-hydrogen) atoms. The van der Waals surface area contributed by atoms with Crippen LogP contribution in [0.2, 0.25) is 0 Å². The summed E-state index contributed by atoms with van der Waals surface area (Å²) in [5.41, 5.74) is 0. The second-order valence-corrected chi connectivity index (χ2v) is 4.25. The van der Waals surface area contributed by atoms with Crippen molar-refractivity contribution in [3.05, 3.63) is 24.3 Å². The summed E-state index contributed by atoms with van der Waals surface area (Å²) >= 11 is 0. The Morgan fingerprint density at radius 3 is 2.85 bits per heavy atom. The Bertz CT molecular complexity index is 426. The molecule has 0 saturated carbocycles. The number of nitrogens with zero attached hydrogens (tertiary/aromatic N) is 5. The largest absolute Gasteiger partial charge is 0.357 e. The van der Waals surface area contributed by atoms with Gasteiger partial charge in [0.05, 0.1) is 6.54 Å². The summed E-state index contributed by atoms with van der Waals surface area (Å²) in [6, 6.07) is 0. The Balaban J connectivity index is 0.00000361. The Hall–Kier alpha value is -1.12. The van der Waals surface area contributed by atoms with Crippen molar-refractivity contribution in [3.63, 3.8) is 0 Å². The van der Waals surface area contributed by atoms with Crippen LogP contribution in [-0.2, 0) is 13.6 Å². The number of rotatable bonds is 6. The number of hydrogen-bond donors (Lipinski definition) is 1. The quantitative estimate of drug-likeness (QED) is 0.264. The van der Waals surface area contributed by atoms with Gasteiger partial charge in [-0.05, 0) is 20.3 Å². The van der Waals surface area contributed by atoms with Crippen LogP contribution in [0, 0.1) is 0 Å². The van der Waals surface area contributed by atoms with Crippen LogP contribution in [0.15, 0.2) is 23.5 Å². The van der Waals surface area contributed by atoms with Crippen LogP contribution >= 0.6 is 24.0 Å². The van der Waals surface area contributed by atoms with E-state index < -0.39 is 0 Å². The smallest absolute Gasteiger partial charge is 0.194 e. The monoisotopic (exact) mass is 392 g/mol. The molecule has 7 heteroatoms. The molecule has 0 aliphatic heterocycles. The third kappa shape index (κ3) is 6.36. The van der Waals surface area contributed by atoms with Crippen molar-refractivity contribution in [2.24, 2.45) is 12.0 Å². The average molecular weight is 392 g/mol. The van der Waals surface area contributed by atoms with Gasteiger partial charge in [0.25, 0.3) is 0 Å². The lowest BCUT2D eigenvalue weighted by molar-refractivity contribution is 0.449. The van der Waals surface area contributed by atoms with Crippen LogP contribution in [0.25, 0.3) is 0 Å². The van der Waals surface area contributed by atoms with Crippen LogP contribution in [0.4, 0.5) is 0 Å². The summed E-state index contributed by atoms with van der Waals surface area (Å²) in [5, 5.41) is 7.36. The lowest BCUT2D eigenvalue weighted by Gasteiger charge is -2.21. The van der Waals surface area contributed by atoms with E-state index in [1.54, 1.807) is 11.0 Å². The number of nitrogens with one attached hydrogen (secondary N) is 1. The van der Waals surface area contributed by atoms with Crippen LogP contribution < -0.4 is 5.32 Å². The number of aryl methyl sites for hydroxylation is 1. The van der Waals surface area contributed by atoms with E-state index in [-0.39, 0.29) is 24.0 Å². The number of aromatic nitrogens is 3. The molecule has 1 aromatic rings. The first-order valence-electron chi connectivity index (χ1n) is 6.62. The summed E-state index contributed by atoms with van der Waals surface area (Å²) in [5.74, 6) is 1.82. The molecule has 0 unspecified atom stereocenters. The van der Waals surface area contributed by atoms with Crippen molar-refractivity contribution in [2.45, 2.75) is 26.8 Å². The zero-order chi connectivity index (χ0) is 14.1. The molecule has 0 bridgehead atoms. The first-order valence-corrected chi connectivity index (χ1v) is 6.62. The van der Waals surface area contributed by atoms with Crippen molar-refractivity contribution in [3.8, 4) is 0 Å². The Kier molecular flexibility index (Phi) is 10.0. The van der Waals surface area contributed by atoms with Gasteiger partial charge in [0, 0.05) is 27.2 Å². The SMILES string of the molecule is C/C=C/CCN=C(NCC)N(C)Cc1ncnn1C.I. The fourth-order valence-electron chi connectivity index (χ4n) is 1.63. The van der Waals surface area contributed by atoms with Crippen LogP contribution in [0.1, 0.15) is 26.1 Å². The number of halogens is 1. The van der Waals surface area contributed by atoms with E-state index in [1.807, 2.05) is 27.1 Å². The molecular weight excluding hydrogens is 367 g/mol. The molecule has 0 aliphatic carbocycles. The molecule has 0 saturated heterocycles. The van der Waals surface area contributed by atoms with Gasteiger partial charge in [0.2, 0.25) is 0 Å². The van der Waals surface area contributed by atoms with Gasteiger partial charge in [-0.1, -0.05) is 12.2 Å². The van der Waals surface area contributed by atoms with E-state index in [2.05, 4.69) is 38.3 Å². The van der Waals surface area contributed by atoms with Crippen LogP contribution in [-0.4, -0.2) is 45.8 Å². The fraction of sp³-hybridized carbons (Fsp3) is 0.615. The predicted molar refractivity (Wildman–Crippen MR) is 93.3 cm³/mol. The summed E-state index contributed by atoms with van der Waals surface area (Å²) in [4.78, 5) is 10.9. The molecule has 1 N–H and O–H groups in total. The predicted octanol–water partition coefficient (Wildman–Crippen LogP) is 1.80. The molecule has 0 aliphatic rings. The standard InChI is InChI=1S/C13H24N6.HI/c1-5-7-8-9-15-13(14-6-2)18(3)10-12-16-11-17-19(12)4;/h5,7,11H,6,8-10H2,1-4H3,(H,14,15);1H/b7-5+;. The highest BCUT2D eigenvalue weighted by atomic mass is 127. The second kappa shape index (κ2) is 10.6. The van der Waals surface area contributed by atoms with E-state index in [1.165, 1.54) is 0 Å². The maximum atomic E-state index is 4.58. The van der Waals surface area contributed by atoms with Crippen molar-refractivity contribution >= 4 is 29.9 Å². The maximum Gasteiger partial charge on any atom is 0.194 e. The first-order chi connectivity index (χ1) is 9.19.